The van der Waals surface area contributed by atoms with Crippen molar-refractivity contribution in [2.24, 2.45) is 10.1 Å². The second kappa shape index (κ2) is 10.3. The number of hydrazone groups is 1. The van der Waals surface area contributed by atoms with Crippen molar-refractivity contribution in [3.8, 4) is 0 Å². The summed E-state index contributed by atoms with van der Waals surface area (Å²) in [5.74, 6) is -0.266. The lowest BCUT2D eigenvalue weighted by atomic mass is 10.1. The quantitative estimate of drug-likeness (QED) is 0.360. The third kappa shape index (κ3) is 5.19. The van der Waals surface area contributed by atoms with E-state index in [-0.39, 0.29) is 17.3 Å². The Kier molecular flexibility index (Phi) is 7.28. The molecule has 3 heterocycles. The maximum absolute atomic E-state index is 12.8. The van der Waals surface area contributed by atoms with Crippen molar-refractivity contribution in [2.45, 2.75) is 65.8 Å². The molecule has 2 aliphatic heterocycles. The maximum Gasteiger partial charge on any atom is 0.283 e. The lowest BCUT2D eigenvalue weighted by Crippen LogP contribution is -2.35. The van der Waals surface area contributed by atoms with E-state index in [9.17, 15) is 4.79 Å². The molecule has 4 rings (SSSR count). The van der Waals surface area contributed by atoms with Gasteiger partial charge in [-0.15, -0.1) is 0 Å². The standard InChI is InChI=1S/C26H31N5OS/c1-4-5-6-7-11-14-23-29-31-24(27)22(25(32)28-26(31)33-23)16-21-15-18(2)30(19(21)3)17-20-12-9-8-10-13-20/h8-10,12-13,15-16,27H,4-7,11,14,17H2,1-3H3. The zero-order valence-corrected chi connectivity index (χ0v) is 20.4. The predicted octanol–water partition coefficient (Wildman–Crippen LogP) is 6.13. The Morgan fingerprint density at radius 2 is 1.85 bits per heavy atom. The van der Waals surface area contributed by atoms with Crippen LogP contribution in [0.5, 0.6) is 0 Å². The number of aliphatic imine (C=N–C) groups is 1. The highest BCUT2D eigenvalue weighted by Gasteiger charge is 2.35. The zero-order valence-electron chi connectivity index (χ0n) is 19.6. The summed E-state index contributed by atoms with van der Waals surface area (Å²) in [7, 11) is 0. The minimum absolute atomic E-state index is 0.103. The second-order valence-electron chi connectivity index (χ2n) is 8.58. The number of unbranched alkanes of at least 4 members (excludes halogenated alkanes) is 4. The molecule has 1 amide bonds. The second-order valence-corrected chi connectivity index (χ2v) is 9.62. The Hall–Kier alpha value is -2.93. The lowest BCUT2D eigenvalue weighted by Gasteiger charge is -2.20. The van der Waals surface area contributed by atoms with Crippen LogP contribution in [0.15, 0.2) is 52.1 Å². The fraction of sp³-hybridized carbons (Fsp3) is 0.385. The highest BCUT2D eigenvalue weighted by atomic mass is 32.2. The fourth-order valence-electron chi connectivity index (χ4n) is 4.15. The first kappa shape index (κ1) is 23.2. The van der Waals surface area contributed by atoms with Gasteiger partial charge in [0, 0.05) is 17.9 Å². The van der Waals surface area contributed by atoms with E-state index in [0.29, 0.717) is 5.17 Å². The molecule has 0 saturated carbocycles. The van der Waals surface area contributed by atoms with Crippen molar-refractivity contribution in [1.29, 1.82) is 5.41 Å². The number of aryl methyl sites for hydroxylation is 1. The molecule has 2 aromatic rings. The average molecular weight is 462 g/mol. The number of amides is 1. The Morgan fingerprint density at radius 3 is 2.61 bits per heavy atom. The maximum atomic E-state index is 12.8. The number of amidine groups is 2. The van der Waals surface area contributed by atoms with Crippen LogP contribution in [-0.2, 0) is 11.3 Å². The van der Waals surface area contributed by atoms with Gasteiger partial charge in [0.25, 0.3) is 5.91 Å². The lowest BCUT2D eigenvalue weighted by molar-refractivity contribution is -0.114. The molecule has 0 fully saturated rings. The first-order chi connectivity index (χ1) is 16.0. The monoisotopic (exact) mass is 461 g/mol. The van der Waals surface area contributed by atoms with Gasteiger partial charge in [-0.1, -0.05) is 62.9 Å². The minimum atomic E-state index is -0.369. The van der Waals surface area contributed by atoms with Crippen LogP contribution in [0.25, 0.3) is 6.08 Å². The fourth-order valence-corrected chi connectivity index (χ4v) is 5.08. The van der Waals surface area contributed by atoms with Crippen LogP contribution < -0.4 is 0 Å². The van der Waals surface area contributed by atoms with Crippen LogP contribution in [-0.4, -0.2) is 31.5 Å². The summed E-state index contributed by atoms with van der Waals surface area (Å²) in [5.41, 5.74) is 4.61. The van der Waals surface area contributed by atoms with Gasteiger partial charge in [0.05, 0.1) is 5.57 Å². The van der Waals surface area contributed by atoms with Gasteiger partial charge in [0.1, 0.15) is 5.04 Å². The highest BCUT2D eigenvalue weighted by molar-refractivity contribution is 8.26. The molecule has 1 N–H and O–H groups in total. The van der Waals surface area contributed by atoms with Gasteiger partial charge in [-0.3, -0.25) is 10.2 Å². The van der Waals surface area contributed by atoms with E-state index in [4.69, 9.17) is 5.41 Å². The van der Waals surface area contributed by atoms with Crippen LogP contribution in [0.1, 0.15) is 68.0 Å². The Balaban J connectivity index is 1.51. The normalized spacial score (nSPS) is 16.9. The van der Waals surface area contributed by atoms with Gasteiger partial charge in [-0.2, -0.15) is 15.1 Å². The number of hydrogen-bond donors (Lipinski definition) is 1. The van der Waals surface area contributed by atoms with Crippen molar-refractivity contribution in [3.05, 3.63) is 64.5 Å². The van der Waals surface area contributed by atoms with Gasteiger partial charge in [-0.25, -0.2) is 0 Å². The number of carbonyl (C=O) groups excluding carboxylic acids is 1. The van der Waals surface area contributed by atoms with E-state index >= 15 is 0 Å². The van der Waals surface area contributed by atoms with Gasteiger partial charge in [0.2, 0.25) is 5.17 Å². The number of rotatable bonds is 9. The summed E-state index contributed by atoms with van der Waals surface area (Å²) >= 11 is 1.42. The third-order valence-electron chi connectivity index (χ3n) is 6.09. The van der Waals surface area contributed by atoms with Crippen molar-refractivity contribution < 1.29 is 4.79 Å². The first-order valence-corrected chi connectivity index (χ1v) is 12.5. The molecule has 1 aromatic carbocycles. The molecular formula is C26H31N5OS. The summed E-state index contributed by atoms with van der Waals surface area (Å²) in [4.78, 5) is 17.0. The van der Waals surface area contributed by atoms with Crippen molar-refractivity contribution in [1.82, 2.24) is 9.58 Å². The molecule has 0 radical (unpaired) electrons. The number of fused-ring (bicyclic) bond motifs is 1. The van der Waals surface area contributed by atoms with Crippen molar-refractivity contribution >= 4 is 39.8 Å². The number of nitrogens with one attached hydrogen (secondary N) is 1. The smallest absolute Gasteiger partial charge is 0.283 e. The van der Waals surface area contributed by atoms with E-state index in [1.54, 1.807) is 6.08 Å². The van der Waals surface area contributed by atoms with Crippen LogP contribution >= 0.6 is 11.8 Å². The number of carbonyl (C=O) groups is 1. The molecule has 0 atom stereocenters. The van der Waals surface area contributed by atoms with E-state index in [2.05, 4.69) is 53.6 Å². The molecule has 2 aliphatic rings. The van der Waals surface area contributed by atoms with Crippen molar-refractivity contribution in [3.63, 3.8) is 0 Å². The van der Waals surface area contributed by atoms with Gasteiger partial charge < -0.3 is 4.57 Å². The van der Waals surface area contributed by atoms with Crippen LogP contribution in [0.4, 0.5) is 0 Å². The molecule has 6 nitrogen and oxygen atoms in total. The molecule has 0 spiro atoms. The van der Waals surface area contributed by atoms with E-state index in [1.165, 1.54) is 48.0 Å². The first-order valence-electron chi connectivity index (χ1n) is 11.7. The number of nitrogens with zero attached hydrogens (tertiary/aromatic N) is 4. The summed E-state index contributed by atoms with van der Waals surface area (Å²) in [5, 5.41) is 16.2. The summed E-state index contributed by atoms with van der Waals surface area (Å²) in [6, 6.07) is 12.4. The molecule has 172 valence electrons. The summed E-state index contributed by atoms with van der Waals surface area (Å²) < 4.78 is 2.23. The van der Waals surface area contributed by atoms with Crippen molar-refractivity contribution in [2.75, 3.05) is 0 Å². The number of aromatic nitrogens is 1. The van der Waals surface area contributed by atoms with Crippen LogP contribution in [0.2, 0.25) is 0 Å². The van der Waals surface area contributed by atoms with Crippen LogP contribution in [0, 0.1) is 19.3 Å². The molecule has 0 unspecified atom stereocenters. The topological polar surface area (TPSA) is 73.8 Å². The van der Waals surface area contributed by atoms with Gasteiger partial charge in [-0.05, 0) is 61.7 Å². The highest BCUT2D eigenvalue weighted by Crippen LogP contribution is 2.31. The van der Waals surface area contributed by atoms with E-state index in [1.807, 2.05) is 18.2 Å². The zero-order chi connectivity index (χ0) is 23.4. The SMILES string of the molecule is CCCCCCCC1=NN2C(=N)C(=Cc3cc(C)n(Cc4ccccc4)c3C)C(=O)N=C2S1. The Morgan fingerprint density at radius 1 is 1.09 bits per heavy atom. The largest absolute Gasteiger partial charge is 0.344 e. The van der Waals surface area contributed by atoms with Crippen LogP contribution in [0.3, 0.4) is 0 Å². The number of thioether (sulfide) groups is 1. The molecule has 0 bridgehead atoms. The molecule has 1 aromatic heterocycles. The van der Waals surface area contributed by atoms with E-state index in [0.717, 1.165) is 41.4 Å². The predicted molar refractivity (Wildman–Crippen MR) is 138 cm³/mol. The Bertz CT molecular complexity index is 1140. The number of hydrogen-bond acceptors (Lipinski definition) is 4. The molecule has 0 aliphatic carbocycles. The summed E-state index contributed by atoms with van der Waals surface area (Å²) in [6.07, 6.45) is 8.64. The molecular weight excluding hydrogens is 430 g/mol. The number of benzene rings is 1. The van der Waals surface area contributed by atoms with Gasteiger partial charge >= 0.3 is 0 Å². The molecule has 7 heteroatoms. The van der Waals surface area contributed by atoms with E-state index < -0.39 is 0 Å². The molecule has 33 heavy (non-hydrogen) atoms. The van der Waals surface area contributed by atoms with Gasteiger partial charge in [0.15, 0.2) is 5.84 Å². The molecule has 0 saturated heterocycles. The minimum Gasteiger partial charge on any atom is -0.344 e. The average Bonchev–Trinajstić information content (AvgIpc) is 3.33. The third-order valence-corrected chi connectivity index (χ3v) is 7.05. The summed E-state index contributed by atoms with van der Waals surface area (Å²) in [6.45, 7) is 7.09. The Labute approximate surface area is 200 Å².